The number of benzene rings is 6. The third-order valence-electron chi connectivity index (χ3n) is 18.2. The molecule has 0 N–H and O–H groups in total. The normalized spacial score (nSPS) is 12.9. The average molecular weight is 1750 g/mol. The molecule has 6 aromatic carbocycles. The van der Waals surface area contributed by atoms with Crippen LogP contribution in [0.25, 0.3) is 98.9 Å². The van der Waals surface area contributed by atoms with Crippen molar-refractivity contribution in [3.8, 4) is 129 Å². The van der Waals surface area contributed by atoms with E-state index in [2.05, 4.69) is 103 Å². The van der Waals surface area contributed by atoms with Crippen LogP contribution in [0, 0.1) is 0 Å². The number of para-hydroxylation sites is 1. The zero-order valence-electron chi connectivity index (χ0n) is 75.3. The summed E-state index contributed by atoms with van der Waals surface area (Å²) < 4.78 is 45.3. The molecule has 0 spiro atoms. The van der Waals surface area contributed by atoms with Crippen LogP contribution >= 0.6 is 34.0 Å². The van der Waals surface area contributed by atoms with Crippen LogP contribution in [-0.2, 0) is 9.57 Å². The lowest BCUT2D eigenvalue weighted by Gasteiger charge is -2.24. The van der Waals surface area contributed by atoms with Crippen molar-refractivity contribution in [1.29, 1.82) is 0 Å². The van der Waals surface area contributed by atoms with Gasteiger partial charge in [0.2, 0.25) is 17.9 Å². The van der Waals surface area contributed by atoms with E-state index < -0.39 is 0 Å². The van der Waals surface area contributed by atoms with Gasteiger partial charge < -0.3 is 42.7 Å². The number of rotatable bonds is 24. The molecule has 11 heterocycles. The van der Waals surface area contributed by atoms with Gasteiger partial charge in [-0.2, -0.15) is 0 Å². The first-order valence-electron chi connectivity index (χ1n) is 42.8. The Labute approximate surface area is 760 Å². The molecule has 2 aliphatic heterocycles. The highest BCUT2D eigenvalue weighted by Crippen LogP contribution is 2.36. The molecule has 17 rings (SSSR count). The summed E-state index contributed by atoms with van der Waals surface area (Å²) >= 11 is 5.03. The lowest BCUT2D eigenvalue weighted by Crippen LogP contribution is -2.34. The molecule has 18 nitrogen and oxygen atoms in total. The van der Waals surface area contributed by atoms with Crippen molar-refractivity contribution >= 4 is 56.3 Å². The molecule has 127 heavy (non-hydrogen) atoms. The third kappa shape index (κ3) is 30.0. The maximum Gasteiger partial charge on any atom is 0.217 e. The topological polar surface area (TPSA) is 198 Å². The first kappa shape index (κ1) is 94.5. The number of nitrogens with zero attached hydrogens (tertiary/aromatic N) is 9. The van der Waals surface area contributed by atoms with Gasteiger partial charge in [-0.3, -0.25) is 9.98 Å². The standard InChI is InChI=1S/C21H21NO2.C20H19NO.C18H17NOS.C12H18N2O2.C12H13NOS.C12H13NO.C11H12N2OS/c1-15(2)24-19-13-20(16-7-5-4-6-8-16)22-21(14-19)17-9-11-18(23-3)12-10-17;1-15(2)22-18-13-19(16-9-5-3-6-10-16)21-20(14-18)17-11-7-4-8-12-17;1-13(2)20-15-11-16(14-7-4-3-5-8-14)19-17(12-15)18-9-6-10-21-18;1-5-9-6-10(15-7(2)3)12-11(13-9)8(4)14-16-12;1-9(2)14-10-5-6-13-11(8-10)12-4-3-7-15-12;1-9(2)14-12-8-7-10-5-3-4-6-11(10)13-12;1-8(2)14-11-6-9(12-7-13-11)10-4-3-5-15-10/h4-15H,1-3H3;3-15H,1-2H3;3-13H,1-2H3;6-7,11-12H,5H2,1-4H3;3-9H,1-2H3;3-9H,1-2H3;3-8H,1-2H3. The zero-order valence-corrected chi connectivity index (χ0v) is 77.7. The third-order valence-corrected chi connectivity index (χ3v) is 20.9. The molecule has 15 aromatic rings. The van der Waals surface area contributed by atoms with Crippen LogP contribution in [0.2, 0.25) is 0 Å². The van der Waals surface area contributed by atoms with Gasteiger partial charge in [0.25, 0.3) is 0 Å². The summed E-state index contributed by atoms with van der Waals surface area (Å²) in [5, 5.41) is 11.3. The number of aromatic nitrogens is 7. The zero-order chi connectivity index (χ0) is 90.0. The number of hydrogen-bond donors (Lipinski definition) is 0. The van der Waals surface area contributed by atoms with Crippen LogP contribution in [0.1, 0.15) is 117 Å². The summed E-state index contributed by atoms with van der Waals surface area (Å²) in [7, 11) is 1.66. The van der Waals surface area contributed by atoms with E-state index in [0.717, 1.165) is 146 Å². The van der Waals surface area contributed by atoms with Gasteiger partial charge in [0.05, 0.1) is 121 Å². The molecule has 0 amide bonds. The Balaban J connectivity index is 0.000000145. The summed E-state index contributed by atoms with van der Waals surface area (Å²) in [6, 6.07) is 90.5. The van der Waals surface area contributed by atoms with Gasteiger partial charge in [0.15, 0.2) is 0 Å². The van der Waals surface area contributed by atoms with Crippen LogP contribution in [-0.4, -0.2) is 108 Å². The Morgan fingerprint density at radius 1 is 0.339 bits per heavy atom. The smallest absolute Gasteiger partial charge is 0.217 e. The minimum Gasteiger partial charge on any atom is -0.497 e. The average Bonchev–Trinajstić information content (AvgIpc) is 1.76. The minimum absolute atomic E-state index is 0.00806. The highest BCUT2D eigenvalue weighted by atomic mass is 32.1. The van der Waals surface area contributed by atoms with E-state index in [1.54, 1.807) is 47.3 Å². The van der Waals surface area contributed by atoms with Crippen molar-refractivity contribution in [1.82, 2.24) is 34.9 Å². The number of fused-ring (bicyclic) bond motifs is 2. The quantitative estimate of drug-likeness (QED) is 0.0553. The maximum absolute atomic E-state index is 5.92. The minimum atomic E-state index is -0.155. The SMILES string of the molecule is CC(C)Oc1cc(-c2ccccc2)nc(-c2ccccc2)c1.CC(C)Oc1cc(-c2ccccc2)nc(-c2cccs2)c1.CC(C)Oc1cc(-c2cccs2)ncn1.CC(C)Oc1ccc2ccccc2n1.CC(C)Oc1ccnc(-c2cccs2)c1.CCC1=NC2C(C)=NOC2C(OC(C)C)=C1.COc1ccc(-c2cc(OC(C)C)cc(-c3ccccc3)n2)cc1. The van der Waals surface area contributed by atoms with Gasteiger partial charge in [0.1, 0.15) is 46.9 Å². The second kappa shape index (κ2) is 48.3. The molecule has 21 heteroatoms. The van der Waals surface area contributed by atoms with Crippen molar-refractivity contribution < 1.29 is 42.7 Å². The summed E-state index contributed by atoms with van der Waals surface area (Å²) in [4.78, 5) is 44.8. The molecule has 2 aliphatic rings. The van der Waals surface area contributed by atoms with E-state index in [0.29, 0.717) is 11.8 Å². The van der Waals surface area contributed by atoms with E-state index >= 15 is 0 Å². The summed E-state index contributed by atoms with van der Waals surface area (Å²) in [6.07, 6.45) is 7.09. The number of methoxy groups -OCH3 is 1. The number of aliphatic imine (C=N–C) groups is 1. The Morgan fingerprint density at radius 3 is 1.17 bits per heavy atom. The predicted octanol–water partition coefficient (Wildman–Crippen LogP) is 27.6. The molecule has 0 saturated carbocycles. The van der Waals surface area contributed by atoms with Crippen LogP contribution in [0.4, 0.5) is 0 Å². The Bertz CT molecular complexity index is 5760. The van der Waals surface area contributed by atoms with Gasteiger partial charge in [0, 0.05) is 106 Å². The lowest BCUT2D eigenvalue weighted by molar-refractivity contribution is 0.0284. The maximum atomic E-state index is 5.92. The van der Waals surface area contributed by atoms with Crippen molar-refractivity contribution in [2.75, 3.05) is 7.11 Å². The van der Waals surface area contributed by atoms with Crippen molar-refractivity contribution in [2.24, 2.45) is 10.1 Å². The van der Waals surface area contributed by atoms with Gasteiger partial charge in [-0.1, -0.05) is 170 Å². The van der Waals surface area contributed by atoms with E-state index in [1.807, 2.05) is 333 Å². The van der Waals surface area contributed by atoms with E-state index in [-0.39, 0.29) is 54.9 Å². The van der Waals surface area contributed by atoms with Crippen molar-refractivity contribution in [2.45, 2.75) is 172 Å². The fourth-order valence-electron chi connectivity index (χ4n) is 12.8. The van der Waals surface area contributed by atoms with Crippen LogP contribution in [0.3, 0.4) is 0 Å². The number of thiophene rings is 3. The molecule has 0 fully saturated rings. The highest BCUT2D eigenvalue weighted by molar-refractivity contribution is 7.14. The van der Waals surface area contributed by atoms with Crippen LogP contribution < -0.4 is 33.2 Å². The van der Waals surface area contributed by atoms with Crippen molar-refractivity contribution in [3.63, 3.8) is 0 Å². The Hall–Kier alpha value is -13.2. The summed E-state index contributed by atoms with van der Waals surface area (Å²) in [5.41, 5.74) is 15.8. The molecular formula is C106H113N9O9S3. The number of pyridine rings is 5. The van der Waals surface area contributed by atoms with Crippen molar-refractivity contribution in [3.05, 3.63) is 313 Å². The van der Waals surface area contributed by atoms with E-state index in [1.165, 1.54) is 11.2 Å². The number of ether oxygens (including phenoxy) is 8. The molecule has 0 radical (unpaired) electrons. The second-order valence-corrected chi connectivity index (χ2v) is 34.0. The van der Waals surface area contributed by atoms with Crippen LogP contribution in [0.15, 0.2) is 324 Å². The Morgan fingerprint density at radius 2 is 0.732 bits per heavy atom. The molecule has 0 aliphatic carbocycles. The molecule has 0 bridgehead atoms. The largest absolute Gasteiger partial charge is 0.497 e. The molecular weight excluding hydrogens is 1640 g/mol. The fraction of sp³-hybridized carbons (Fsp3) is 0.255. The highest BCUT2D eigenvalue weighted by Gasteiger charge is 2.39. The van der Waals surface area contributed by atoms with Crippen LogP contribution in [0.5, 0.6) is 40.5 Å². The monoisotopic (exact) mass is 1750 g/mol. The van der Waals surface area contributed by atoms with E-state index in [4.69, 9.17) is 57.7 Å². The molecule has 2 atom stereocenters. The van der Waals surface area contributed by atoms with Gasteiger partial charge >= 0.3 is 0 Å². The molecule has 0 saturated heterocycles. The van der Waals surface area contributed by atoms with E-state index in [9.17, 15) is 0 Å². The summed E-state index contributed by atoms with van der Waals surface area (Å²) in [5.74, 6) is 6.42. The predicted molar refractivity (Wildman–Crippen MR) is 523 cm³/mol. The fourth-order valence-corrected chi connectivity index (χ4v) is 14.8. The van der Waals surface area contributed by atoms with Gasteiger partial charge in [-0.25, -0.2) is 29.9 Å². The number of allylic oxidation sites excluding steroid dienone is 1. The number of hydrogen-bond acceptors (Lipinski definition) is 21. The van der Waals surface area contributed by atoms with Gasteiger partial charge in [-0.05, 0) is 187 Å². The van der Waals surface area contributed by atoms with Gasteiger partial charge in [-0.15, -0.1) is 34.0 Å². The molecule has 9 aromatic heterocycles. The second-order valence-electron chi connectivity index (χ2n) is 31.2. The lowest BCUT2D eigenvalue weighted by atomic mass is 10.0. The first-order chi connectivity index (χ1) is 61.5. The number of oxime groups is 1. The summed E-state index contributed by atoms with van der Waals surface area (Å²) in [6.45, 7) is 32.2. The number of dihydropyridines is 1. The molecule has 2 unspecified atom stereocenters. The molecule has 654 valence electrons. The Kier molecular flexibility index (Phi) is 35.9. The first-order valence-corrected chi connectivity index (χ1v) is 45.4.